The van der Waals surface area contributed by atoms with Crippen molar-refractivity contribution in [3.05, 3.63) is 73.3 Å². The highest BCUT2D eigenvalue weighted by molar-refractivity contribution is 7.78. The van der Waals surface area contributed by atoms with E-state index in [1.54, 1.807) is 0 Å². The zero-order valence-corrected chi connectivity index (χ0v) is 13.5. The highest BCUT2D eigenvalue weighted by Crippen LogP contribution is 2.46. The molecule has 2 heteroatoms. The molecule has 1 unspecified atom stereocenters. The van der Waals surface area contributed by atoms with Crippen LogP contribution in [0.15, 0.2) is 73.3 Å². The van der Waals surface area contributed by atoms with Crippen LogP contribution in [-0.4, -0.2) is 6.16 Å². The van der Waals surface area contributed by atoms with Gasteiger partial charge < -0.3 is 4.57 Å². The molecule has 2 aromatic rings. The molecule has 0 aliphatic heterocycles. The summed E-state index contributed by atoms with van der Waals surface area (Å²) in [7, 11) is -2.57. The molecule has 21 heavy (non-hydrogen) atoms. The lowest BCUT2D eigenvalue weighted by atomic mass is 10.1. The number of hydrogen-bond acceptors (Lipinski definition) is 1. The first kappa shape index (κ1) is 15.8. The molecule has 0 bridgehead atoms. The molecule has 2 aromatic carbocycles. The Labute approximate surface area is 128 Å². The number of hydrogen-bond donors (Lipinski definition) is 0. The average molecular weight is 298 g/mol. The first-order valence-corrected chi connectivity index (χ1v) is 9.41. The molecule has 1 atom stereocenters. The van der Waals surface area contributed by atoms with Gasteiger partial charge in [0.2, 0.25) is 0 Å². The van der Waals surface area contributed by atoms with Gasteiger partial charge in [0, 0.05) is 16.8 Å². The maximum absolute atomic E-state index is 13.8. The van der Waals surface area contributed by atoms with E-state index in [0.29, 0.717) is 12.1 Å². The van der Waals surface area contributed by atoms with Gasteiger partial charge in [0.05, 0.1) is 0 Å². The van der Waals surface area contributed by atoms with E-state index in [9.17, 15) is 4.57 Å². The molecule has 0 aliphatic carbocycles. The van der Waals surface area contributed by atoms with Crippen molar-refractivity contribution in [2.24, 2.45) is 5.92 Å². The molecule has 0 N–H and O–H groups in total. The van der Waals surface area contributed by atoms with Gasteiger partial charge in [-0.1, -0.05) is 80.1 Å². The number of allylic oxidation sites excluding steroid dienone is 1. The van der Waals surface area contributed by atoms with Crippen LogP contribution in [0.25, 0.3) is 0 Å². The Morgan fingerprint density at radius 1 is 1.00 bits per heavy atom. The van der Waals surface area contributed by atoms with Crippen molar-refractivity contribution >= 4 is 17.8 Å². The Bertz CT molecular complexity index is 560. The smallest absolute Gasteiger partial charge is 0.143 e. The average Bonchev–Trinajstić information content (AvgIpc) is 2.56. The summed E-state index contributed by atoms with van der Waals surface area (Å²) in [5, 5.41) is 1.91. The van der Waals surface area contributed by atoms with Crippen molar-refractivity contribution in [2.45, 2.75) is 19.8 Å². The summed E-state index contributed by atoms with van der Waals surface area (Å²) in [4.78, 5) is 0. The molecular formula is C19H23OP. The first-order valence-electron chi connectivity index (χ1n) is 7.52. The van der Waals surface area contributed by atoms with E-state index >= 15 is 0 Å². The zero-order chi connectivity index (χ0) is 15.1. The normalized spacial score (nSPS) is 12.8. The maximum atomic E-state index is 13.8. The van der Waals surface area contributed by atoms with Crippen molar-refractivity contribution in [3.63, 3.8) is 0 Å². The van der Waals surface area contributed by atoms with Crippen LogP contribution in [0.1, 0.15) is 19.8 Å². The van der Waals surface area contributed by atoms with E-state index in [1.165, 1.54) is 0 Å². The van der Waals surface area contributed by atoms with Crippen LogP contribution in [0.5, 0.6) is 0 Å². The van der Waals surface area contributed by atoms with Gasteiger partial charge in [-0.2, -0.15) is 0 Å². The van der Waals surface area contributed by atoms with E-state index in [4.69, 9.17) is 0 Å². The fourth-order valence-electron chi connectivity index (χ4n) is 2.67. The van der Waals surface area contributed by atoms with Crippen LogP contribution in [0.3, 0.4) is 0 Å². The summed E-state index contributed by atoms with van der Waals surface area (Å²) in [5.74, 6) is 0.411. The van der Waals surface area contributed by atoms with Crippen molar-refractivity contribution < 1.29 is 4.57 Å². The molecular weight excluding hydrogens is 275 g/mol. The molecule has 0 radical (unpaired) electrons. The number of benzene rings is 2. The van der Waals surface area contributed by atoms with Crippen LogP contribution in [0, 0.1) is 5.92 Å². The minimum absolute atomic E-state index is 0.411. The van der Waals surface area contributed by atoms with Crippen LogP contribution < -0.4 is 10.6 Å². The monoisotopic (exact) mass is 298 g/mol. The van der Waals surface area contributed by atoms with Crippen molar-refractivity contribution in [2.75, 3.05) is 6.16 Å². The van der Waals surface area contributed by atoms with Gasteiger partial charge in [-0.05, 0) is 12.3 Å². The summed E-state index contributed by atoms with van der Waals surface area (Å²) >= 11 is 0. The van der Waals surface area contributed by atoms with Crippen molar-refractivity contribution in [1.82, 2.24) is 0 Å². The van der Waals surface area contributed by atoms with E-state index in [2.05, 4.69) is 13.5 Å². The predicted molar refractivity (Wildman–Crippen MR) is 93.2 cm³/mol. The summed E-state index contributed by atoms with van der Waals surface area (Å²) in [6, 6.07) is 19.8. The van der Waals surface area contributed by atoms with Gasteiger partial charge in [-0.25, -0.2) is 0 Å². The molecule has 0 amide bonds. The molecule has 0 saturated heterocycles. The summed E-state index contributed by atoms with van der Waals surface area (Å²) in [6.45, 7) is 6.00. The van der Waals surface area contributed by atoms with E-state index in [-0.39, 0.29) is 0 Å². The fourth-order valence-corrected chi connectivity index (χ4v) is 5.83. The lowest BCUT2D eigenvalue weighted by molar-refractivity contribution is 0.546. The van der Waals surface area contributed by atoms with Crippen LogP contribution in [-0.2, 0) is 4.57 Å². The SMILES string of the molecule is C=CCC(CC)CP(=O)(c1ccccc1)c1ccccc1. The summed E-state index contributed by atoms with van der Waals surface area (Å²) in [5.41, 5.74) is 0. The maximum Gasteiger partial charge on any atom is 0.143 e. The van der Waals surface area contributed by atoms with Gasteiger partial charge in [-0.15, -0.1) is 6.58 Å². The molecule has 0 spiro atoms. The molecule has 2 rings (SSSR count). The van der Waals surface area contributed by atoms with Gasteiger partial charge >= 0.3 is 0 Å². The van der Waals surface area contributed by atoms with Crippen LogP contribution in [0.4, 0.5) is 0 Å². The van der Waals surface area contributed by atoms with Gasteiger partial charge in [-0.3, -0.25) is 0 Å². The van der Waals surface area contributed by atoms with Crippen molar-refractivity contribution in [3.8, 4) is 0 Å². The first-order chi connectivity index (χ1) is 10.2. The van der Waals surface area contributed by atoms with Crippen LogP contribution >= 0.6 is 7.14 Å². The lowest BCUT2D eigenvalue weighted by Gasteiger charge is -2.24. The summed E-state index contributed by atoms with van der Waals surface area (Å²) < 4.78 is 13.8. The van der Waals surface area contributed by atoms with Gasteiger partial charge in [0.15, 0.2) is 0 Å². The molecule has 0 saturated carbocycles. The van der Waals surface area contributed by atoms with Gasteiger partial charge in [0.25, 0.3) is 0 Å². The third kappa shape index (κ3) is 3.74. The van der Waals surface area contributed by atoms with E-state index < -0.39 is 7.14 Å². The van der Waals surface area contributed by atoms with Crippen LogP contribution in [0.2, 0.25) is 0 Å². The predicted octanol–water partition coefficient (Wildman–Crippen LogP) is 4.60. The Balaban J connectivity index is 2.45. The molecule has 0 aliphatic rings. The third-order valence-corrected chi connectivity index (χ3v) is 7.23. The third-order valence-electron chi connectivity index (χ3n) is 3.94. The largest absolute Gasteiger partial charge is 0.314 e. The quantitative estimate of drug-likeness (QED) is 0.539. The lowest BCUT2D eigenvalue weighted by Crippen LogP contribution is -2.22. The van der Waals surface area contributed by atoms with Gasteiger partial charge in [0.1, 0.15) is 7.14 Å². The second kappa shape index (κ2) is 7.43. The van der Waals surface area contributed by atoms with Crippen molar-refractivity contribution in [1.29, 1.82) is 0 Å². The summed E-state index contributed by atoms with van der Waals surface area (Å²) in [6.07, 6.45) is 4.59. The molecule has 110 valence electrons. The fraction of sp³-hybridized carbons (Fsp3) is 0.263. The zero-order valence-electron chi connectivity index (χ0n) is 12.6. The highest BCUT2D eigenvalue weighted by atomic mass is 31.2. The van der Waals surface area contributed by atoms with E-state index in [0.717, 1.165) is 23.5 Å². The molecule has 0 aromatic heterocycles. The second-order valence-corrected chi connectivity index (χ2v) is 8.27. The Morgan fingerprint density at radius 2 is 1.48 bits per heavy atom. The molecule has 1 nitrogen and oxygen atoms in total. The topological polar surface area (TPSA) is 17.1 Å². The Hall–Kier alpha value is -1.59. The minimum Gasteiger partial charge on any atom is -0.314 e. The Morgan fingerprint density at radius 3 is 1.86 bits per heavy atom. The number of rotatable bonds is 7. The molecule has 0 fully saturated rings. The highest BCUT2D eigenvalue weighted by Gasteiger charge is 2.29. The second-order valence-electron chi connectivity index (χ2n) is 5.39. The Kier molecular flexibility index (Phi) is 5.59. The standard InChI is InChI=1S/C19H23OP/c1-3-11-17(4-2)16-21(20,18-12-7-5-8-13-18)19-14-9-6-10-15-19/h3,5-10,12-15,17H,1,4,11,16H2,2H3. The molecule has 0 heterocycles. The minimum atomic E-state index is -2.57. The van der Waals surface area contributed by atoms with E-state index in [1.807, 2.05) is 66.7 Å².